The van der Waals surface area contributed by atoms with Gasteiger partial charge in [0.2, 0.25) is 0 Å². The second-order valence-electron chi connectivity index (χ2n) is 12.8. The molecular weight excluding hydrogens is 633 g/mol. The Kier molecular flexibility index (Phi) is 33.5. The number of unbranched alkanes of at least 4 members (excludes halogenated alkanes) is 22. The van der Waals surface area contributed by atoms with Gasteiger partial charge in [-0.25, -0.2) is 0 Å². The smallest absolute Gasteiger partial charge is 0.334 e. The SMILES string of the molecule is CCCCCCCCCCCCCCOP(=O)(CC[P+](C)(C)C)OCCCCCCCCCCCCCC.[I-]. The molecule has 0 heterocycles. The summed E-state index contributed by atoms with van der Waals surface area (Å²) in [6.45, 7) is 12.7. The van der Waals surface area contributed by atoms with Crippen LogP contribution in [0, 0.1) is 0 Å². The second-order valence-corrected chi connectivity index (χ2v) is 20.0. The van der Waals surface area contributed by atoms with Gasteiger partial charge in [0.15, 0.2) is 0 Å². The summed E-state index contributed by atoms with van der Waals surface area (Å²) in [6, 6.07) is 0. The third kappa shape index (κ3) is 33.7. The third-order valence-electron chi connectivity index (χ3n) is 7.62. The second kappa shape index (κ2) is 30.8. The number of halogens is 1. The molecule has 0 aliphatic rings. The van der Waals surface area contributed by atoms with Gasteiger partial charge in [-0.2, -0.15) is 0 Å². The molecule has 0 aliphatic heterocycles. The van der Waals surface area contributed by atoms with Gasteiger partial charge in [0, 0.05) is 27.3 Å². The Morgan fingerprint density at radius 1 is 0.462 bits per heavy atom. The molecule has 0 rings (SSSR count). The Morgan fingerprint density at radius 3 is 0.974 bits per heavy atom. The summed E-state index contributed by atoms with van der Waals surface area (Å²) in [4.78, 5) is 0. The molecule has 39 heavy (non-hydrogen) atoms. The summed E-state index contributed by atoms with van der Waals surface area (Å²) in [5, 5.41) is 0. The molecule has 0 spiro atoms. The van der Waals surface area contributed by atoms with Gasteiger partial charge in [-0.15, -0.1) is 0 Å². The van der Waals surface area contributed by atoms with Gasteiger partial charge in [-0.3, -0.25) is 4.57 Å². The fourth-order valence-electron chi connectivity index (χ4n) is 4.88. The summed E-state index contributed by atoms with van der Waals surface area (Å²) in [5.41, 5.74) is 0. The molecule has 0 amide bonds. The molecule has 238 valence electrons. The molecule has 0 aromatic rings. The molecule has 0 aromatic carbocycles. The molecule has 0 aliphatic carbocycles. The van der Waals surface area contributed by atoms with E-state index < -0.39 is 14.9 Å². The van der Waals surface area contributed by atoms with Crippen molar-refractivity contribution in [3.8, 4) is 0 Å². The average molecular weight is 705 g/mol. The fourth-order valence-corrected chi connectivity index (χ4v) is 9.41. The van der Waals surface area contributed by atoms with E-state index in [-0.39, 0.29) is 24.0 Å². The highest BCUT2D eigenvalue weighted by molar-refractivity contribution is 7.74. The largest absolute Gasteiger partial charge is 1.00 e. The lowest BCUT2D eigenvalue weighted by atomic mass is 10.1. The van der Waals surface area contributed by atoms with Gasteiger partial charge in [0.05, 0.1) is 25.5 Å². The van der Waals surface area contributed by atoms with Crippen molar-refractivity contribution in [2.24, 2.45) is 0 Å². The molecule has 0 saturated carbocycles. The van der Waals surface area contributed by atoms with Gasteiger partial charge in [-0.1, -0.05) is 155 Å². The van der Waals surface area contributed by atoms with E-state index >= 15 is 0 Å². The first kappa shape index (κ1) is 42.4. The van der Waals surface area contributed by atoms with Crippen molar-refractivity contribution >= 4 is 14.9 Å². The molecule has 0 unspecified atom stereocenters. The molecular formula is C33H71IO3P2. The predicted molar refractivity (Wildman–Crippen MR) is 176 cm³/mol. The van der Waals surface area contributed by atoms with E-state index in [2.05, 4.69) is 33.8 Å². The van der Waals surface area contributed by atoms with E-state index in [1.165, 1.54) is 141 Å². The normalized spacial score (nSPS) is 12.1. The topological polar surface area (TPSA) is 35.5 Å². The van der Waals surface area contributed by atoms with Crippen molar-refractivity contribution in [1.82, 2.24) is 0 Å². The minimum Gasteiger partial charge on any atom is -1.00 e. The summed E-state index contributed by atoms with van der Waals surface area (Å²) in [6.07, 6.45) is 33.5. The molecule has 0 radical (unpaired) electrons. The van der Waals surface area contributed by atoms with Crippen molar-refractivity contribution < 1.29 is 37.6 Å². The first-order chi connectivity index (χ1) is 18.3. The predicted octanol–water partition coefficient (Wildman–Crippen LogP) is 9.53. The molecule has 0 bridgehead atoms. The van der Waals surface area contributed by atoms with Gasteiger partial charge in [0.1, 0.15) is 0 Å². The Hall–Kier alpha value is 1.31. The molecule has 0 aromatic heterocycles. The number of hydrogen-bond donors (Lipinski definition) is 0. The molecule has 6 heteroatoms. The van der Waals surface area contributed by atoms with Gasteiger partial charge >= 0.3 is 7.60 Å². The highest BCUT2D eigenvalue weighted by Gasteiger charge is 2.30. The number of rotatable bonds is 31. The van der Waals surface area contributed by atoms with Crippen molar-refractivity contribution in [3.05, 3.63) is 0 Å². The Balaban J connectivity index is 0. The van der Waals surface area contributed by atoms with Crippen molar-refractivity contribution in [2.75, 3.05) is 45.5 Å². The van der Waals surface area contributed by atoms with Crippen LogP contribution in [0.4, 0.5) is 0 Å². The van der Waals surface area contributed by atoms with Gasteiger partial charge in [0.25, 0.3) is 0 Å². The van der Waals surface area contributed by atoms with Crippen LogP contribution in [0.3, 0.4) is 0 Å². The molecule has 3 nitrogen and oxygen atoms in total. The Labute approximate surface area is 264 Å². The maximum Gasteiger partial charge on any atom is 0.334 e. The highest BCUT2D eigenvalue weighted by Crippen LogP contribution is 2.55. The standard InChI is InChI=1S/C33H71O3P2.HI/c1-6-8-10-12-14-16-18-20-22-24-26-28-30-35-38(34,33-32-37(3,4)5)36-31-29-27-25-23-21-19-17-15-13-11-9-7-2;/h6-33H2,1-5H3;1H/q+1;/p-1. The summed E-state index contributed by atoms with van der Waals surface area (Å²) in [7, 11) is -3.94. The summed E-state index contributed by atoms with van der Waals surface area (Å²) in [5.74, 6) is 0. The zero-order chi connectivity index (χ0) is 28.2. The maximum atomic E-state index is 13.4. The highest BCUT2D eigenvalue weighted by atomic mass is 127. The van der Waals surface area contributed by atoms with Crippen LogP contribution in [0.2, 0.25) is 0 Å². The van der Waals surface area contributed by atoms with E-state index in [9.17, 15) is 4.57 Å². The minimum absolute atomic E-state index is 0. The van der Waals surface area contributed by atoms with E-state index in [4.69, 9.17) is 9.05 Å². The van der Waals surface area contributed by atoms with Crippen LogP contribution in [0.25, 0.3) is 0 Å². The fraction of sp³-hybridized carbons (Fsp3) is 1.00. The quantitative estimate of drug-likeness (QED) is 0.0410. The zero-order valence-electron chi connectivity index (χ0n) is 27.3. The minimum atomic E-state index is -2.95. The van der Waals surface area contributed by atoms with E-state index in [1.807, 2.05) is 0 Å². The summed E-state index contributed by atoms with van der Waals surface area (Å²) >= 11 is 0. The average Bonchev–Trinajstić information content (AvgIpc) is 2.88. The summed E-state index contributed by atoms with van der Waals surface area (Å²) < 4.78 is 25.4. The van der Waals surface area contributed by atoms with Crippen LogP contribution in [0.5, 0.6) is 0 Å². The lowest BCUT2D eigenvalue weighted by Crippen LogP contribution is -3.00. The van der Waals surface area contributed by atoms with E-state index in [0.717, 1.165) is 19.0 Å². The molecule has 0 N–H and O–H groups in total. The lowest BCUT2D eigenvalue weighted by molar-refractivity contribution is -0.0000133. The first-order valence-corrected chi connectivity index (χ1v) is 22.1. The van der Waals surface area contributed by atoms with Crippen LogP contribution >= 0.6 is 14.9 Å². The lowest BCUT2D eigenvalue weighted by Gasteiger charge is -2.20. The van der Waals surface area contributed by atoms with Crippen LogP contribution < -0.4 is 24.0 Å². The van der Waals surface area contributed by atoms with E-state index in [0.29, 0.717) is 19.4 Å². The molecule has 0 atom stereocenters. The van der Waals surface area contributed by atoms with Crippen LogP contribution in [-0.4, -0.2) is 45.5 Å². The first-order valence-electron chi connectivity index (χ1n) is 17.0. The van der Waals surface area contributed by atoms with E-state index in [1.54, 1.807) is 0 Å². The third-order valence-corrected chi connectivity index (χ3v) is 11.5. The van der Waals surface area contributed by atoms with Crippen molar-refractivity contribution in [1.29, 1.82) is 0 Å². The van der Waals surface area contributed by atoms with Gasteiger partial charge < -0.3 is 33.0 Å². The Morgan fingerprint density at radius 2 is 0.718 bits per heavy atom. The Bertz CT molecular complexity index is 492. The molecule has 0 saturated heterocycles. The zero-order valence-corrected chi connectivity index (χ0v) is 31.2. The van der Waals surface area contributed by atoms with Crippen LogP contribution in [0.15, 0.2) is 0 Å². The van der Waals surface area contributed by atoms with Crippen LogP contribution in [0.1, 0.15) is 168 Å². The van der Waals surface area contributed by atoms with Crippen molar-refractivity contribution in [3.63, 3.8) is 0 Å². The molecule has 0 fully saturated rings. The van der Waals surface area contributed by atoms with Gasteiger partial charge in [-0.05, 0) is 12.8 Å². The van der Waals surface area contributed by atoms with Crippen molar-refractivity contribution in [2.45, 2.75) is 168 Å². The maximum absolute atomic E-state index is 13.4. The number of hydrogen-bond acceptors (Lipinski definition) is 3. The monoisotopic (exact) mass is 704 g/mol. The van der Waals surface area contributed by atoms with Crippen LogP contribution in [-0.2, 0) is 13.6 Å².